The molecule has 25 heavy (non-hydrogen) atoms. The molecule has 0 aliphatic carbocycles. The lowest BCUT2D eigenvalue weighted by Gasteiger charge is -2.11. The smallest absolute Gasteiger partial charge is 0.141 e. The fraction of sp³-hybridized carbons (Fsp3) is 0.167. The number of pyridine rings is 1. The van der Waals surface area contributed by atoms with E-state index in [-0.39, 0.29) is 0 Å². The molecular formula is C18H15ClN4O2. The first kappa shape index (κ1) is 16.8. The third-order valence-electron chi connectivity index (χ3n) is 3.46. The number of nitriles is 1. The van der Waals surface area contributed by atoms with Gasteiger partial charge in [0.25, 0.3) is 0 Å². The molecule has 0 unspecified atom stereocenters. The molecule has 0 fully saturated rings. The number of hydrogen-bond acceptors (Lipinski definition) is 5. The Hall–Kier alpha value is -3.04. The van der Waals surface area contributed by atoms with E-state index in [0.29, 0.717) is 35.3 Å². The number of benzene rings is 1. The highest BCUT2D eigenvalue weighted by atomic mass is 35.5. The lowest BCUT2D eigenvalue weighted by molar-refractivity contribution is 0.217. The molecule has 0 bridgehead atoms. The van der Waals surface area contributed by atoms with E-state index in [0.717, 1.165) is 11.6 Å². The number of halogens is 1. The van der Waals surface area contributed by atoms with Gasteiger partial charge in [-0.1, -0.05) is 11.6 Å². The molecular weight excluding hydrogens is 340 g/mol. The van der Waals surface area contributed by atoms with Crippen LogP contribution in [-0.2, 0) is 0 Å². The number of nitrogens with zero attached hydrogens (tertiary/aromatic N) is 4. The summed E-state index contributed by atoms with van der Waals surface area (Å²) in [6.07, 6.45) is 5.25. The highest BCUT2D eigenvalue weighted by Crippen LogP contribution is 2.25. The van der Waals surface area contributed by atoms with Crippen LogP contribution in [0.4, 0.5) is 0 Å². The van der Waals surface area contributed by atoms with Gasteiger partial charge < -0.3 is 9.47 Å². The van der Waals surface area contributed by atoms with Crippen molar-refractivity contribution < 1.29 is 9.47 Å². The Bertz CT molecular complexity index is 917. The van der Waals surface area contributed by atoms with Crippen LogP contribution < -0.4 is 9.47 Å². The van der Waals surface area contributed by atoms with Crippen molar-refractivity contribution in [2.24, 2.45) is 0 Å². The molecule has 7 heteroatoms. The van der Waals surface area contributed by atoms with Crippen molar-refractivity contribution >= 4 is 11.6 Å². The fourth-order valence-electron chi connectivity index (χ4n) is 2.24. The minimum absolute atomic E-state index is 0.327. The number of hydrogen-bond donors (Lipinski definition) is 0. The average Bonchev–Trinajstić information content (AvgIpc) is 3.06. The topological polar surface area (TPSA) is 73.0 Å². The highest BCUT2D eigenvalue weighted by Gasteiger charge is 2.05. The van der Waals surface area contributed by atoms with Crippen LogP contribution in [0.15, 0.2) is 48.9 Å². The molecule has 0 N–H and O–H groups in total. The maximum absolute atomic E-state index is 8.82. The summed E-state index contributed by atoms with van der Waals surface area (Å²) >= 11 is 6.06. The second kappa shape index (κ2) is 7.69. The molecule has 0 spiro atoms. The predicted octanol–water partition coefficient (Wildman–Crippen LogP) is 3.56. The molecule has 0 atom stereocenters. The van der Waals surface area contributed by atoms with Gasteiger partial charge in [0.1, 0.15) is 36.4 Å². The van der Waals surface area contributed by atoms with E-state index in [9.17, 15) is 0 Å². The van der Waals surface area contributed by atoms with Crippen LogP contribution in [0.3, 0.4) is 0 Å². The minimum atomic E-state index is 0.327. The molecule has 0 radical (unpaired) electrons. The maximum Gasteiger partial charge on any atom is 0.141 e. The molecule has 6 nitrogen and oxygen atoms in total. The fourth-order valence-corrected chi connectivity index (χ4v) is 2.48. The van der Waals surface area contributed by atoms with Gasteiger partial charge in [0.2, 0.25) is 0 Å². The third-order valence-corrected chi connectivity index (χ3v) is 3.76. The second-order valence-corrected chi connectivity index (χ2v) is 5.56. The van der Waals surface area contributed by atoms with Crippen molar-refractivity contribution in [3.05, 3.63) is 65.3 Å². The Morgan fingerprint density at radius 2 is 1.96 bits per heavy atom. The Kier molecular flexibility index (Phi) is 5.17. The number of rotatable bonds is 6. The molecule has 126 valence electrons. The quantitative estimate of drug-likeness (QED) is 0.633. The lowest BCUT2D eigenvalue weighted by Crippen LogP contribution is -2.09. The SMILES string of the molecule is Cc1nccn1-c1cc(OCCOc2ccc(C#N)cc2Cl)ccn1. The highest BCUT2D eigenvalue weighted by molar-refractivity contribution is 6.32. The normalized spacial score (nSPS) is 10.3. The molecule has 3 aromatic rings. The van der Waals surface area contributed by atoms with Crippen LogP contribution in [0.1, 0.15) is 11.4 Å². The van der Waals surface area contributed by atoms with E-state index in [1.165, 1.54) is 0 Å². The van der Waals surface area contributed by atoms with E-state index < -0.39 is 0 Å². The van der Waals surface area contributed by atoms with Crippen molar-refractivity contribution in [1.29, 1.82) is 5.26 Å². The molecule has 0 aliphatic rings. The second-order valence-electron chi connectivity index (χ2n) is 5.15. The number of aromatic nitrogens is 3. The van der Waals surface area contributed by atoms with Crippen molar-refractivity contribution in [3.63, 3.8) is 0 Å². The molecule has 0 saturated heterocycles. The van der Waals surface area contributed by atoms with E-state index in [1.807, 2.05) is 29.8 Å². The summed E-state index contributed by atoms with van der Waals surface area (Å²) in [6.45, 7) is 2.58. The number of imidazole rings is 1. The van der Waals surface area contributed by atoms with Gasteiger partial charge >= 0.3 is 0 Å². The standard InChI is InChI=1S/C18H15ClN4O2/c1-13-21-6-7-23(13)18-11-15(4-5-22-18)24-8-9-25-17-3-2-14(12-20)10-16(17)19/h2-7,10-11H,8-9H2,1H3. The summed E-state index contributed by atoms with van der Waals surface area (Å²) < 4.78 is 13.2. The van der Waals surface area contributed by atoms with Gasteiger partial charge in [0.15, 0.2) is 0 Å². The van der Waals surface area contributed by atoms with Crippen LogP contribution in [0.25, 0.3) is 5.82 Å². The zero-order valence-electron chi connectivity index (χ0n) is 13.5. The monoisotopic (exact) mass is 354 g/mol. The van der Waals surface area contributed by atoms with Gasteiger partial charge in [-0.05, 0) is 31.2 Å². The van der Waals surface area contributed by atoms with Crippen LogP contribution in [0.5, 0.6) is 11.5 Å². The molecule has 0 saturated carbocycles. The Morgan fingerprint density at radius 1 is 1.12 bits per heavy atom. The van der Waals surface area contributed by atoms with E-state index in [2.05, 4.69) is 9.97 Å². The van der Waals surface area contributed by atoms with Crippen LogP contribution in [0, 0.1) is 18.3 Å². The average molecular weight is 355 g/mol. The van der Waals surface area contributed by atoms with Gasteiger partial charge in [-0.3, -0.25) is 4.57 Å². The van der Waals surface area contributed by atoms with Crippen LogP contribution in [-0.4, -0.2) is 27.7 Å². The summed E-state index contributed by atoms with van der Waals surface area (Å²) in [4.78, 5) is 8.50. The summed E-state index contributed by atoms with van der Waals surface area (Å²) in [5, 5.41) is 9.22. The summed E-state index contributed by atoms with van der Waals surface area (Å²) in [5.41, 5.74) is 0.493. The summed E-state index contributed by atoms with van der Waals surface area (Å²) in [7, 11) is 0. The minimum Gasteiger partial charge on any atom is -0.490 e. The first-order chi connectivity index (χ1) is 12.2. The van der Waals surface area contributed by atoms with Crippen LogP contribution in [0.2, 0.25) is 5.02 Å². The summed E-state index contributed by atoms with van der Waals surface area (Å²) in [6, 6.07) is 10.5. The molecule has 2 heterocycles. The Balaban J connectivity index is 1.56. The zero-order valence-corrected chi connectivity index (χ0v) is 14.3. The molecule has 3 rings (SSSR count). The van der Waals surface area contributed by atoms with E-state index in [1.54, 1.807) is 36.7 Å². The largest absolute Gasteiger partial charge is 0.490 e. The van der Waals surface area contributed by atoms with E-state index >= 15 is 0 Å². The van der Waals surface area contributed by atoms with Crippen molar-refractivity contribution in [2.75, 3.05) is 13.2 Å². The van der Waals surface area contributed by atoms with Crippen molar-refractivity contribution in [2.45, 2.75) is 6.92 Å². The van der Waals surface area contributed by atoms with Gasteiger partial charge in [0, 0.05) is 24.7 Å². The molecule has 1 aromatic carbocycles. The van der Waals surface area contributed by atoms with Crippen molar-refractivity contribution in [1.82, 2.24) is 14.5 Å². The molecule has 2 aromatic heterocycles. The van der Waals surface area contributed by atoms with Gasteiger partial charge in [-0.25, -0.2) is 9.97 Å². The van der Waals surface area contributed by atoms with Crippen molar-refractivity contribution in [3.8, 4) is 23.4 Å². The number of aryl methyl sites for hydroxylation is 1. The number of ether oxygens (including phenoxy) is 2. The zero-order chi connectivity index (χ0) is 17.6. The van der Waals surface area contributed by atoms with Crippen LogP contribution >= 0.6 is 11.6 Å². The predicted molar refractivity (Wildman–Crippen MR) is 93.3 cm³/mol. The molecule has 0 aliphatic heterocycles. The first-order valence-electron chi connectivity index (χ1n) is 7.59. The Morgan fingerprint density at radius 3 is 2.68 bits per heavy atom. The van der Waals surface area contributed by atoms with Gasteiger partial charge in [-0.2, -0.15) is 5.26 Å². The van der Waals surface area contributed by atoms with Gasteiger partial charge in [-0.15, -0.1) is 0 Å². The third kappa shape index (κ3) is 4.08. The van der Waals surface area contributed by atoms with E-state index in [4.69, 9.17) is 26.3 Å². The first-order valence-corrected chi connectivity index (χ1v) is 7.97. The van der Waals surface area contributed by atoms with Gasteiger partial charge in [0.05, 0.1) is 16.7 Å². The maximum atomic E-state index is 8.82. The summed E-state index contributed by atoms with van der Waals surface area (Å²) in [5.74, 6) is 2.80. The lowest BCUT2D eigenvalue weighted by atomic mass is 10.2. The Labute approximate surface area is 150 Å². The molecule has 0 amide bonds.